The molecule has 0 radical (unpaired) electrons. The highest BCUT2D eigenvalue weighted by molar-refractivity contribution is 6.04. The summed E-state index contributed by atoms with van der Waals surface area (Å²) in [5, 5.41) is 2.92. The van der Waals surface area contributed by atoms with Crippen molar-refractivity contribution in [1.82, 2.24) is 0 Å². The number of fused-ring (bicyclic) bond motifs is 1. The molecule has 0 aliphatic carbocycles. The Kier molecular flexibility index (Phi) is 5.43. The molecule has 0 unspecified atom stereocenters. The zero-order valence-electron chi connectivity index (χ0n) is 16.8. The van der Waals surface area contributed by atoms with Crippen molar-refractivity contribution in [3.05, 3.63) is 48.0 Å². The molecule has 1 saturated heterocycles. The maximum Gasteiger partial charge on any atom is 0.229 e. The van der Waals surface area contributed by atoms with Gasteiger partial charge in [-0.2, -0.15) is 0 Å². The molecule has 2 aliphatic rings. The van der Waals surface area contributed by atoms with Gasteiger partial charge < -0.3 is 19.7 Å². The molecule has 2 aromatic rings. The van der Waals surface area contributed by atoms with Gasteiger partial charge in [0.25, 0.3) is 0 Å². The van der Waals surface area contributed by atoms with E-state index in [0.29, 0.717) is 42.9 Å². The number of amides is 2. The molecule has 0 aromatic heterocycles. The summed E-state index contributed by atoms with van der Waals surface area (Å²) in [6, 6.07) is 13.3. The summed E-state index contributed by atoms with van der Waals surface area (Å²) in [4.78, 5) is 27.3. The Morgan fingerprint density at radius 2 is 1.93 bits per heavy atom. The molecule has 6 nitrogen and oxygen atoms in total. The van der Waals surface area contributed by atoms with Gasteiger partial charge in [0.2, 0.25) is 11.8 Å². The molecule has 0 bridgehead atoms. The fourth-order valence-electron chi connectivity index (χ4n) is 3.85. The van der Waals surface area contributed by atoms with Gasteiger partial charge in [0, 0.05) is 30.4 Å². The maximum atomic E-state index is 12.8. The van der Waals surface area contributed by atoms with E-state index in [4.69, 9.17) is 9.47 Å². The van der Waals surface area contributed by atoms with E-state index >= 15 is 0 Å². The summed E-state index contributed by atoms with van der Waals surface area (Å²) < 4.78 is 11.1. The summed E-state index contributed by atoms with van der Waals surface area (Å²) >= 11 is 0. The van der Waals surface area contributed by atoms with Crippen LogP contribution >= 0.6 is 0 Å². The zero-order chi connectivity index (χ0) is 20.4. The fraction of sp³-hybridized carbons (Fsp3) is 0.391. The second-order valence-electron chi connectivity index (χ2n) is 7.62. The molecule has 0 saturated carbocycles. The summed E-state index contributed by atoms with van der Waals surface area (Å²) in [7, 11) is 0. The van der Waals surface area contributed by atoms with Gasteiger partial charge in [-0.3, -0.25) is 9.59 Å². The first-order valence-electron chi connectivity index (χ1n) is 10.2. The number of rotatable bonds is 5. The lowest BCUT2D eigenvalue weighted by atomic mass is 9.96. The quantitative estimate of drug-likeness (QED) is 0.833. The lowest BCUT2D eigenvalue weighted by molar-refractivity contribution is -0.122. The van der Waals surface area contributed by atoms with Crippen LogP contribution in [0.1, 0.15) is 38.2 Å². The van der Waals surface area contributed by atoms with Gasteiger partial charge in [0.1, 0.15) is 13.2 Å². The topological polar surface area (TPSA) is 67.9 Å². The summed E-state index contributed by atoms with van der Waals surface area (Å²) in [5.41, 5.74) is 2.71. The molecule has 6 heteroatoms. The highest BCUT2D eigenvalue weighted by Gasteiger charge is 2.36. The van der Waals surface area contributed by atoms with Crippen molar-refractivity contribution in [2.75, 3.05) is 30.0 Å². The average molecular weight is 394 g/mol. The molecular formula is C23H26N2O4. The van der Waals surface area contributed by atoms with Crippen molar-refractivity contribution >= 4 is 23.2 Å². The van der Waals surface area contributed by atoms with Crippen LogP contribution in [0.3, 0.4) is 0 Å². The standard InChI is InChI=1S/C23H26N2O4/c1-3-15(2)18-6-4-5-7-19(18)25-14-16(12-22(25)26)23(27)24-17-8-9-20-21(13-17)29-11-10-28-20/h4-9,13,15-16H,3,10-12,14H2,1-2H3,(H,24,27)/t15-,16+/m0/s1. The van der Waals surface area contributed by atoms with E-state index < -0.39 is 0 Å². The number of benzene rings is 2. The number of nitrogens with zero attached hydrogens (tertiary/aromatic N) is 1. The molecular weight excluding hydrogens is 368 g/mol. The summed E-state index contributed by atoms with van der Waals surface area (Å²) in [6.07, 6.45) is 1.21. The maximum absolute atomic E-state index is 12.8. The van der Waals surface area contributed by atoms with Gasteiger partial charge in [-0.05, 0) is 36.1 Å². The van der Waals surface area contributed by atoms with Crippen molar-refractivity contribution in [1.29, 1.82) is 0 Å². The van der Waals surface area contributed by atoms with Crippen molar-refractivity contribution < 1.29 is 19.1 Å². The van der Waals surface area contributed by atoms with Crippen LogP contribution in [0, 0.1) is 5.92 Å². The van der Waals surface area contributed by atoms with Crippen molar-refractivity contribution in [2.24, 2.45) is 5.92 Å². The third-order valence-electron chi connectivity index (χ3n) is 5.68. The first-order valence-corrected chi connectivity index (χ1v) is 10.2. The Morgan fingerprint density at radius 3 is 2.72 bits per heavy atom. The average Bonchev–Trinajstić information content (AvgIpc) is 3.14. The number of nitrogens with one attached hydrogen (secondary N) is 1. The Bertz CT molecular complexity index is 927. The molecule has 4 rings (SSSR count). The number of ether oxygens (including phenoxy) is 2. The normalized spacial score (nSPS) is 19.2. The molecule has 2 aliphatic heterocycles. The minimum Gasteiger partial charge on any atom is -0.486 e. The minimum absolute atomic E-state index is 0.0110. The second-order valence-corrected chi connectivity index (χ2v) is 7.62. The molecule has 2 aromatic carbocycles. The second kappa shape index (κ2) is 8.15. The molecule has 1 fully saturated rings. The Labute approximate surface area is 170 Å². The summed E-state index contributed by atoms with van der Waals surface area (Å²) in [6.45, 7) is 5.70. The van der Waals surface area contributed by atoms with Crippen LogP contribution in [0.4, 0.5) is 11.4 Å². The number of hydrogen-bond donors (Lipinski definition) is 1. The number of para-hydroxylation sites is 1. The van der Waals surface area contributed by atoms with Gasteiger partial charge in [0.05, 0.1) is 5.92 Å². The van der Waals surface area contributed by atoms with Crippen molar-refractivity contribution in [3.63, 3.8) is 0 Å². The number of anilines is 2. The van der Waals surface area contributed by atoms with E-state index in [2.05, 4.69) is 25.2 Å². The largest absolute Gasteiger partial charge is 0.486 e. The SMILES string of the molecule is CC[C@H](C)c1ccccc1N1C[C@H](C(=O)Nc2ccc3c(c2)OCCO3)CC1=O. The predicted molar refractivity (Wildman–Crippen MR) is 112 cm³/mol. The zero-order valence-corrected chi connectivity index (χ0v) is 16.8. The third-order valence-corrected chi connectivity index (χ3v) is 5.68. The van der Waals surface area contributed by atoms with Crippen LogP contribution < -0.4 is 19.7 Å². The van der Waals surface area contributed by atoms with E-state index in [9.17, 15) is 9.59 Å². The molecule has 2 amide bonds. The summed E-state index contributed by atoms with van der Waals surface area (Å²) in [5.74, 6) is 1.10. The van der Waals surface area contributed by atoms with E-state index in [0.717, 1.165) is 17.7 Å². The molecule has 0 spiro atoms. The fourth-order valence-corrected chi connectivity index (χ4v) is 3.85. The van der Waals surface area contributed by atoms with Gasteiger partial charge in [-0.15, -0.1) is 0 Å². The molecule has 2 heterocycles. The van der Waals surface area contributed by atoms with Crippen LogP contribution in [0.25, 0.3) is 0 Å². The lowest BCUT2D eigenvalue weighted by Crippen LogP contribution is -2.29. The van der Waals surface area contributed by atoms with Crippen molar-refractivity contribution in [2.45, 2.75) is 32.6 Å². The highest BCUT2D eigenvalue weighted by Crippen LogP contribution is 2.35. The van der Waals surface area contributed by atoms with E-state index in [-0.39, 0.29) is 24.2 Å². The van der Waals surface area contributed by atoms with Gasteiger partial charge in [-0.25, -0.2) is 0 Å². The van der Waals surface area contributed by atoms with Crippen molar-refractivity contribution in [3.8, 4) is 11.5 Å². The number of hydrogen-bond acceptors (Lipinski definition) is 4. The predicted octanol–water partition coefficient (Wildman–Crippen LogP) is 3.96. The molecule has 152 valence electrons. The van der Waals surface area contributed by atoms with Crippen LogP contribution in [0.5, 0.6) is 11.5 Å². The highest BCUT2D eigenvalue weighted by atomic mass is 16.6. The van der Waals surface area contributed by atoms with Crippen LogP contribution in [0.2, 0.25) is 0 Å². The Hall–Kier alpha value is -3.02. The first kappa shape index (κ1) is 19.3. The molecule has 29 heavy (non-hydrogen) atoms. The first-order chi connectivity index (χ1) is 14.1. The van der Waals surface area contributed by atoms with Gasteiger partial charge in [-0.1, -0.05) is 32.0 Å². The van der Waals surface area contributed by atoms with Crippen LogP contribution in [-0.2, 0) is 9.59 Å². The van der Waals surface area contributed by atoms with E-state index in [1.165, 1.54) is 0 Å². The van der Waals surface area contributed by atoms with Gasteiger partial charge in [0.15, 0.2) is 11.5 Å². The number of carbonyl (C=O) groups excluding carboxylic acids is 2. The molecule has 2 atom stereocenters. The third kappa shape index (κ3) is 3.92. The lowest BCUT2D eigenvalue weighted by Gasteiger charge is -2.23. The van der Waals surface area contributed by atoms with Crippen LogP contribution in [-0.4, -0.2) is 31.6 Å². The Morgan fingerprint density at radius 1 is 1.17 bits per heavy atom. The smallest absolute Gasteiger partial charge is 0.229 e. The van der Waals surface area contributed by atoms with E-state index in [1.54, 1.807) is 23.1 Å². The van der Waals surface area contributed by atoms with Gasteiger partial charge >= 0.3 is 0 Å². The minimum atomic E-state index is -0.388. The monoisotopic (exact) mass is 394 g/mol. The Balaban J connectivity index is 1.48. The molecule has 1 N–H and O–H groups in total. The van der Waals surface area contributed by atoms with Crippen LogP contribution in [0.15, 0.2) is 42.5 Å². The number of carbonyl (C=O) groups is 2. The van der Waals surface area contributed by atoms with E-state index in [1.807, 2.05) is 18.2 Å².